The number of amides is 2. The first-order valence-corrected chi connectivity index (χ1v) is 8.61. The van der Waals surface area contributed by atoms with E-state index in [9.17, 15) is 19.7 Å². The Morgan fingerprint density at radius 2 is 2.00 bits per heavy atom. The summed E-state index contributed by atoms with van der Waals surface area (Å²) < 4.78 is 5.31. The van der Waals surface area contributed by atoms with E-state index in [1.807, 2.05) is 0 Å². The van der Waals surface area contributed by atoms with Gasteiger partial charge in [0.05, 0.1) is 15.1 Å². The maximum atomic E-state index is 12.6. The van der Waals surface area contributed by atoms with Crippen LogP contribution >= 0.6 is 15.9 Å². The number of nitro groups is 1. The summed E-state index contributed by atoms with van der Waals surface area (Å²) in [6, 6.07) is 12.9. The molecular formula is C18H11BrN4O5. The molecule has 1 fully saturated rings. The number of nitro benzene ring substituents is 1. The summed E-state index contributed by atoms with van der Waals surface area (Å²) in [5.41, 5.74) is 2.61. The summed E-state index contributed by atoms with van der Waals surface area (Å²) in [6.45, 7) is -0.368. The van der Waals surface area contributed by atoms with Crippen LogP contribution in [0.3, 0.4) is 0 Å². The van der Waals surface area contributed by atoms with Crippen molar-refractivity contribution in [1.82, 2.24) is 5.43 Å². The molecule has 0 bridgehead atoms. The SMILES string of the molecule is N#CCOc1c(Br)cc(C=C2C(=O)NN(c3ccccc3)C2=O)cc1[N+](=O)[O-]. The van der Waals surface area contributed by atoms with Crippen LogP contribution in [0, 0.1) is 21.4 Å². The summed E-state index contributed by atoms with van der Waals surface area (Å²) in [6.07, 6.45) is 1.26. The fraction of sp³-hybridized carbons (Fsp3) is 0.0556. The van der Waals surface area contributed by atoms with E-state index in [1.165, 1.54) is 12.1 Å². The Morgan fingerprint density at radius 1 is 1.29 bits per heavy atom. The average Bonchev–Trinajstić information content (AvgIpc) is 2.95. The zero-order valence-corrected chi connectivity index (χ0v) is 15.7. The van der Waals surface area contributed by atoms with E-state index in [0.29, 0.717) is 5.69 Å². The van der Waals surface area contributed by atoms with Crippen molar-refractivity contribution in [2.24, 2.45) is 0 Å². The lowest BCUT2D eigenvalue weighted by Crippen LogP contribution is -2.35. The zero-order chi connectivity index (χ0) is 20.3. The van der Waals surface area contributed by atoms with Gasteiger partial charge in [0, 0.05) is 6.07 Å². The molecule has 1 N–H and O–H groups in total. The van der Waals surface area contributed by atoms with Crippen molar-refractivity contribution in [1.29, 1.82) is 5.26 Å². The van der Waals surface area contributed by atoms with Crippen LogP contribution in [0.4, 0.5) is 11.4 Å². The molecule has 1 aliphatic heterocycles. The third kappa shape index (κ3) is 3.70. The van der Waals surface area contributed by atoms with Crippen LogP contribution in [0.15, 0.2) is 52.5 Å². The van der Waals surface area contributed by atoms with Crippen LogP contribution in [0.25, 0.3) is 6.08 Å². The topological polar surface area (TPSA) is 126 Å². The van der Waals surface area contributed by atoms with E-state index in [1.54, 1.807) is 36.4 Å². The number of carbonyl (C=O) groups excluding carboxylic acids is 2. The maximum absolute atomic E-state index is 12.6. The van der Waals surface area contributed by atoms with E-state index < -0.39 is 22.4 Å². The van der Waals surface area contributed by atoms with Gasteiger partial charge in [-0.05, 0) is 45.8 Å². The lowest BCUT2D eigenvalue weighted by molar-refractivity contribution is -0.385. The third-order valence-corrected chi connectivity index (χ3v) is 4.33. The molecule has 2 amide bonds. The van der Waals surface area contributed by atoms with Crippen LogP contribution in [-0.2, 0) is 9.59 Å². The number of hydrogen-bond donors (Lipinski definition) is 1. The molecular weight excluding hydrogens is 432 g/mol. The molecule has 2 aromatic carbocycles. The number of rotatable bonds is 5. The number of hydrogen-bond acceptors (Lipinski definition) is 6. The molecule has 1 aliphatic rings. The number of nitrogens with one attached hydrogen (secondary N) is 1. The molecule has 2 aromatic rings. The van der Waals surface area contributed by atoms with E-state index >= 15 is 0 Å². The molecule has 0 saturated carbocycles. The summed E-state index contributed by atoms with van der Waals surface area (Å²) in [5, 5.41) is 21.1. The first-order chi connectivity index (χ1) is 13.4. The van der Waals surface area contributed by atoms with Crippen molar-refractivity contribution in [2.75, 3.05) is 11.6 Å². The summed E-state index contributed by atoms with van der Waals surface area (Å²) >= 11 is 3.16. The Kier molecular flexibility index (Phi) is 5.37. The second-order valence-electron chi connectivity index (χ2n) is 5.53. The molecule has 1 saturated heterocycles. The van der Waals surface area contributed by atoms with E-state index in [-0.39, 0.29) is 28.0 Å². The first kappa shape index (κ1) is 19.1. The van der Waals surface area contributed by atoms with Gasteiger partial charge in [-0.15, -0.1) is 0 Å². The molecule has 0 spiro atoms. The molecule has 1 heterocycles. The van der Waals surface area contributed by atoms with Crippen LogP contribution in [-0.4, -0.2) is 23.3 Å². The van der Waals surface area contributed by atoms with Gasteiger partial charge in [0.15, 0.2) is 6.61 Å². The zero-order valence-electron chi connectivity index (χ0n) is 14.1. The highest BCUT2D eigenvalue weighted by molar-refractivity contribution is 9.10. The number of benzene rings is 2. The Hall–Kier alpha value is -3.71. The number of ether oxygens (including phenoxy) is 1. The minimum absolute atomic E-state index is 0.109. The van der Waals surface area contributed by atoms with E-state index in [4.69, 9.17) is 10.00 Å². The van der Waals surface area contributed by atoms with Crippen molar-refractivity contribution in [3.8, 4) is 11.8 Å². The van der Waals surface area contributed by atoms with Crippen molar-refractivity contribution < 1.29 is 19.2 Å². The number of nitrogens with zero attached hydrogens (tertiary/aromatic N) is 3. The Bertz CT molecular complexity index is 1050. The Morgan fingerprint density at radius 3 is 2.64 bits per heavy atom. The molecule has 0 atom stereocenters. The number of anilines is 1. The molecule has 9 nitrogen and oxygen atoms in total. The van der Waals surface area contributed by atoms with Crippen LogP contribution < -0.4 is 15.2 Å². The second kappa shape index (κ2) is 7.89. The standard InChI is InChI=1S/C18H11BrN4O5/c19-14-9-11(10-15(23(26)27)16(14)28-7-6-20)8-13-17(24)21-22(18(13)25)12-4-2-1-3-5-12/h1-5,8-10H,7H2,(H,21,24). The smallest absolute Gasteiger partial charge is 0.312 e. The van der Waals surface area contributed by atoms with Gasteiger partial charge in [-0.3, -0.25) is 25.1 Å². The molecule has 0 aliphatic carbocycles. The first-order valence-electron chi connectivity index (χ1n) is 7.82. The molecule has 28 heavy (non-hydrogen) atoms. The average molecular weight is 443 g/mol. The third-order valence-electron chi connectivity index (χ3n) is 3.74. The molecule has 10 heteroatoms. The van der Waals surface area contributed by atoms with Gasteiger partial charge in [0.2, 0.25) is 5.75 Å². The monoisotopic (exact) mass is 442 g/mol. The lowest BCUT2D eigenvalue weighted by Gasteiger charge is -2.13. The van der Waals surface area contributed by atoms with Gasteiger partial charge >= 0.3 is 5.69 Å². The van der Waals surface area contributed by atoms with E-state index in [0.717, 1.165) is 11.1 Å². The second-order valence-corrected chi connectivity index (χ2v) is 6.38. The number of hydrazine groups is 1. The molecule has 0 radical (unpaired) electrons. The van der Waals surface area contributed by atoms with Crippen LogP contribution in [0.2, 0.25) is 0 Å². The number of halogens is 1. The van der Waals surface area contributed by atoms with Gasteiger partial charge in [-0.1, -0.05) is 18.2 Å². The molecule has 3 rings (SSSR count). The number of carbonyl (C=O) groups is 2. The molecule has 0 unspecified atom stereocenters. The van der Waals surface area contributed by atoms with Gasteiger partial charge in [0.1, 0.15) is 11.6 Å². The molecule has 0 aromatic heterocycles. The van der Waals surface area contributed by atoms with Gasteiger partial charge in [0.25, 0.3) is 11.8 Å². The summed E-state index contributed by atoms with van der Waals surface area (Å²) in [4.78, 5) is 35.5. The van der Waals surface area contributed by atoms with Crippen molar-refractivity contribution in [3.63, 3.8) is 0 Å². The van der Waals surface area contributed by atoms with Gasteiger partial charge < -0.3 is 4.74 Å². The van der Waals surface area contributed by atoms with Crippen LogP contribution in [0.1, 0.15) is 5.56 Å². The fourth-order valence-electron chi connectivity index (χ4n) is 2.55. The molecule has 140 valence electrons. The quantitative estimate of drug-likeness (QED) is 0.328. The predicted octanol–water partition coefficient (Wildman–Crippen LogP) is 2.72. The predicted molar refractivity (Wildman–Crippen MR) is 102 cm³/mol. The summed E-state index contributed by atoms with van der Waals surface area (Å²) in [7, 11) is 0. The minimum Gasteiger partial charge on any atom is -0.471 e. The highest BCUT2D eigenvalue weighted by atomic mass is 79.9. The fourth-order valence-corrected chi connectivity index (χ4v) is 3.13. The Balaban J connectivity index is 1.99. The van der Waals surface area contributed by atoms with Gasteiger partial charge in [-0.2, -0.15) is 5.26 Å². The number of para-hydroxylation sites is 1. The maximum Gasteiger partial charge on any atom is 0.312 e. The Labute approximate surface area is 167 Å². The highest BCUT2D eigenvalue weighted by Crippen LogP contribution is 2.37. The number of nitriles is 1. The minimum atomic E-state index is -0.674. The van der Waals surface area contributed by atoms with Gasteiger partial charge in [-0.25, -0.2) is 5.01 Å². The highest BCUT2D eigenvalue weighted by Gasteiger charge is 2.34. The normalized spacial score (nSPS) is 14.7. The van der Waals surface area contributed by atoms with Crippen molar-refractivity contribution in [2.45, 2.75) is 0 Å². The van der Waals surface area contributed by atoms with Crippen molar-refractivity contribution in [3.05, 3.63) is 68.2 Å². The van der Waals surface area contributed by atoms with E-state index in [2.05, 4.69) is 21.4 Å². The van der Waals surface area contributed by atoms with Crippen molar-refractivity contribution >= 4 is 45.2 Å². The largest absolute Gasteiger partial charge is 0.471 e. The lowest BCUT2D eigenvalue weighted by atomic mass is 10.1. The summed E-state index contributed by atoms with van der Waals surface area (Å²) in [5.74, 6) is -1.32. The van der Waals surface area contributed by atoms with Crippen LogP contribution in [0.5, 0.6) is 5.75 Å².